The molecule has 1 aliphatic rings. The average molecular weight is 458 g/mol. The largest absolute Gasteiger partial charge is 0.497 e. The number of carbonyl (C=O) groups excluding carboxylic acids is 1. The Morgan fingerprint density at radius 2 is 2.19 bits per heavy atom. The zero-order valence-electron chi connectivity index (χ0n) is 17.4. The van der Waals surface area contributed by atoms with E-state index in [4.69, 9.17) is 14.5 Å². The van der Waals surface area contributed by atoms with Crippen molar-refractivity contribution in [1.82, 2.24) is 9.55 Å². The van der Waals surface area contributed by atoms with Gasteiger partial charge in [-0.1, -0.05) is 17.8 Å². The summed E-state index contributed by atoms with van der Waals surface area (Å²) < 4.78 is 12.1. The zero-order chi connectivity index (χ0) is 22.0. The van der Waals surface area contributed by atoms with Gasteiger partial charge in [-0.15, -0.1) is 17.9 Å². The van der Waals surface area contributed by atoms with Gasteiger partial charge in [0.15, 0.2) is 5.16 Å². The Morgan fingerprint density at radius 1 is 1.35 bits per heavy atom. The molecule has 0 spiro atoms. The summed E-state index contributed by atoms with van der Waals surface area (Å²) in [6.45, 7) is 4.11. The molecule has 0 radical (unpaired) electrons. The molecule has 162 valence electrons. The number of thioether (sulfide) groups is 1. The van der Waals surface area contributed by atoms with Crippen LogP contribution in [0.5, 0.6) is 11.5 Å². The molecule has 0 aliphatic heterocycles. The van der Waals surface area contributed by atoms with Gasteiger partial charge >= 0.3 is 0 Å². The van der Waals surface area contributed by atoms with Crippen LogP contribution in [0.1, 0.15) is 16.9 Å². The van der Waals surface area contributed by atoms with E-state index in [0.717, 1.165) is 35.0 Å². The molecule has 0 saturated heterocycles. The number of aryl methyl sites for hydroxylation is 2. The molecule has 31 heavy (non-hydrogen) atoms. The van der Waals surface area contributed by atoms with Crippen LogP contribution in [0, 0.1) is 0 Å². The van der Waals surface area contributed by atoms with Crippen molar-refractivity contribution in [2.45, 2.75) is 31.0 Å². The fraction of sp³-hybridized carbons (Fsp3) is 0.318. The number of hydrogen-bond acceptors (Lipinski definition) is 7. The van der Waals surface area contributed by atoms with Gasteiger partial charge in [0, 0.05) is 17.5 Å². The van der Waals surface area contributed by atoms with Crippen molar-refractivity contribution in [3.8, 4) is 11.5 Å². The molecule has 0 bridgehead atoms. The molecule has 0 fully saturated rings. The Kier molecular flexibility index (Phi) is 6.33. The summed E-state index contributed by atoms with van der Waals surface area (Å²) in [5.74, 6) is 1.03. The van der Waals surface area contributed by atoms with Gasteiger partial charge in [0.05, 0.1) is 31.0 Å². The molecular formula is C22H23N3O4S2. The predicted molar refractivity (Wildman–Crippen MR) is 125 cm³/mol. The minimum atomic E-state index is -0.221. The Balaban J connectivity index is 1.56. The van der Waals surface area contributed by atoms with E-state index in [0.29, 0.717) is 28.9 Å². The number of aromatic nitrogens is 2. The second-order valence-corrected chi connectivity index (χ2v) is 9.07. The molecule has 1 amide bonds. The first-order valence-electron chi connectivity index (χ1n) is 9.86. The van der Waals surface area contributed by atoms with Gasteiger partial charge in [0.2, 0.25) is 5.91 Å². The van der Waals surface area contributed by atoms with Crippen LogP contribution in [-0.4, -0.2) is 35.4 Å². The van der Waals surface area contributed by atoms with Gasteiger partial charge in [-0.3, -0.25) is 14.2 Å². The summed E-state index contributed by atoms with van der Waals surface area (Å²) in [7, 11) is 3.10. The van der Waals surface area contributed by atoms with Crippen molar-refractivity contribution in [3.63, 3.8) is 0 Å². The van der Waals surface area contributed by atoms with E-state index in [-0.39, 0.29) is 17.2 Å². The van der Waals surface area contributed by atoms with Gasteiger partial charge < -0.3 is 14.8 Å². The Bertz CT molecular complexity index is 1220. The van der Waals surface area contributed by atoms with Crippen LogP contribution < -0.4 is 20.3 Å². The third-order valence-electron chi connectivity index (χ3n) is 5.12. The molecule has 7 nitrogen and oxygen atoms in total. The predicted octanol–water partition coefficient (Wildman–Crippen LogP) is 3.88. The number of thiophene rings is 1. The van der Waals surface area contributed by atoms with E-state index in [9.17, 15) is 9.59 Å². The summed E-state index contributed by atoms with van der Waals surface area (Å²) in [4.78, 5) is 32.5. The third-order valence-corrected chi connectivity index (χ3v) is 7.28. The molecule has 1 N–H and O–H groups in total. The third kappa shape index (κ3) is 4.20. The summed E-state index contributed by atoms with van der Waals surface area (Å²) in [5, 5.41) is 4.10. The lowest BCUT2D eigenvalue weighted by Gasteiger charge is -2.13. The molecule has 0 saturated carbocycles. The van der Waals surface area contributed by atoms with Crippen molar-refractivity contribution in [2.24, 2.45) is 0 Å². The van der Waals surface area contributed by atoms with Crippen molar-refractivity contribution < 1.29 is 14.3 Å². The quantitative estimate of drug-likeness (QED) is 0.314. The second-order valence-electron chi connectivity index (χ2n) is 7.04. The summed E-state index contributed by atoms with van der Waals surface area (Å²) in [6.07, 6.45) is 4.70. The average Bonchev–Trinajstić information content (AvgIpc) is 3.35. The molecule has 1 aliphatic carbocycles. The van der Waals surface area contributed by atoms with Gasteiger partial charge in [-0.05, 0) is 37.0 Å². The van der Waals surface area contributed by atoms with Crippen LogP contribution in [0.2, 0.25) is 0 Å². The van der Waals surface area contributed by atoms with E-state index in [1.807, 2.05) is 0 Å². The van der Waals surface area contributed by atoms with E-state index < -0.39 is 0 Å². The van der Waals surface area contributed by atoms with E-state index >= 15 is 0 Å². The number of rotatable bonds is 8. The summed E-state index contributed by atoms with van der Waals surface area (Å²) >= 11 is 2.83. The minimum absolute atomic E-state index is 0.0518. The maximum Gasteiger partial charge on any atom is 0.263 e. The van der Waals surface area contributed by atoms with Crippen LogP contribution >= 0.6 is 23.1 Å². The molecule has 3 aromatic rings. The number of benzene rings is 1. The molecule has 4 rings (SSSR count). The van der Waals surface area contributed by atoms with E-state index in [1.165, 1.54) is 23.7 Å². The van der Waals surface area contributed by atoms with E-state index in [1.54, 1.807) is 47.3 Å². The maximum absolute atomic E-state index is 13.2. The highest BCUT2D eigenvalue weighted by atomic mass is 32.2. The van der Waals surface area contributed by atoms with Crippen molar-refractivity contribution in [3.05, 3.63) is 51.6 Å². The van der Waals surface area contributed by atoms with Gasteiger partial charge in [-0.25, -0.2) is 4.98 Å². The number of nitrogens with zero attached hydrogens (tertiary/aromatic N) is 2. The lowest BCUT2D eigenvalue weighted by atomic mass is 10.2. The number of amides is 1. The number of ether oxygens (including phenoxy) is 2. The Hall–Kier alpha value is -2.78. The first-order chi connectivity index (χ1) is 15.0. The smallest absolute Gasteiger partial charge is 0.263 e. The standard InChI is InChI=1S/C22H23N3O4S2/c1-4-10-25-21(27)19-14-6-5-7-17(14)31-20(19)24-22(25)30-12-18(26)23-15-9-8-13(28-2)11-16(15)29-3/h4,8-9,11H,1,5-7,10,12H2,2-3H3,(H,23,26). The second kappa shape index (κ2) is 9.15. The van der Waals surface area contributed by atoms with Crippen LogP contribution in [0.25, 0.3) is 10.2 Å². The maximum atomic E-state index is 13.2. The normalized spacial score (nSPS) is 12.6. The van der Waals surface area contributed by atoms with Crippen molar-refractivity contribution >= 4 is 44.9 Å². The first kappa shape index (κ1) is 21.5. The highest BCUT2D eigenvalue weighted by Crippen LogP contribution is 2.35. The van der Waals surface area contributed by atoms with Gasteiger partial charge in [0.1, 0.15) is 16.3 Å². The fourth-order valence-corrected chi connectivity index (χ4v) is 5.79. The number of anilines is 1. The van der Waals surface area contributed by atoms with Crippen LogP contribution in [0.4, 0.5) is 5.69 Å². The number of carbonyl (C=O) groups is 1. The number of methoxy groups -OCH3 is 2. The Morgan fingerprint density at radius 3 is 2.94 bits per heavy atom. The molecule has 1 aromatic carbocycles. The highest BCUT2D eigenvalue weighted by Gasteiger charge is 2.23. The monoisotopic (exact) mass is 457 g/mol. The Labute approximate surface area is 188 Å². The number of hydrogen-bond donors (Lipinski definition) is 1. The molecule has 2 aromatic heterocycles. The molecular weight excluding hydrogens is 434 g/mol. The van der Waals surface area contributed by atoms with Gasteiger partial charge in [-0.2, -0.15) is 0 Å². The first-order valence-corrected chi connectivity index (χ1v) is 11.7. The number of nitrogens with one attached hydrogen (secondary N) is 1. The van der Waals surface area contributed by atoms with Crippen molar-refractivity contribution in [1.29, 1.82) is 0 Å². The molecule has 2 heterocycles. The fourth-order valence-electron chi connectivity index (χ4n) is 3.68. The van der Waals surface area contributed by atoms with Crippen LogP contribution in [-0.2, 0) is 24.2 Å². The summed E-state index contributed by atoms with van der Waals surface area (Å²) in [5.41, 5.74) is 1.65. The van der Waals surface area contributed by atoms with Crippen LogP contribution in [0.15, 0.2) is 40.8 Å². The SMILES string of the molecule is C=CCn1c(SCC(=O)Nc2ccc(OC)cc2OC)nc2sc3c(c2c1=O)CCC3. The molecule has 0 atom stereocenters. The van der Waals surface area contributed by atoms with E-state index in [2.05, 4.69) is 11.9 Å². The lowest BCUT2D eigenvalue weighted by molar-refractivity contribution is -0.113. The molecule has 0 unspecified atom stereocenters. The van der Waals surface area contributed by atoms with Crippen LogP contribution in [0.3, 0.4) is 0 Å². The lowest BCUT2D eigenvalue weighted by Crippen LogP contribution is -2.24. The molecule has 9 heteroatoms. The minimum Gasteiger partial charge on any atom is -0.497 e. The number of fused-ring (bicyclic) bond motifs is 3. The number of allylic oxidation sites excluding steroid dienone is 1. The van der Waals surface area contributed by atoms with Crippen molar-refractivity contribution in [2.75, 3.05) is 25.3 Å². The zero-order valence-corrected chi connectivity index (χ0v) is 19.0. The highest BCUT2D eigenvalue weighted by molar-refractivity contribution is 7.99. The topological polar surface area (TPSA) is 82.5 Å². The van der Waals surface area contributed by atoms with Gasteiger partial charge in [0.25, 0.3) is 5.56 Å². The summed E-state index contributed by atoms with van der Waals surface area (Å²) in [6, 6.07) is 5.18.